The first-order valence-corrected chi connectivity index (χ1v) is 11.3. The number of nitrogens with two attached hydrogens (primary N) is 1. The fourth-order valence-electron chi connectivity index (χ4n) is 3.64. The van der Waals surface area contributed by atoms with Crippen molar-refractivity contribution >= 4 is 11.9 Å². The molecule has 4 rings (SSSR count). The van der Waals surface area contributed by atoms with E-state index in [-0.39, 0.29) is 0 Å². The Labute approximate surface area is 210 Å². The monoisotopic (exact) mass is 478 g/mol. The number of nitrogens with one attached hydrogen (secondary N) is 1. The number of nitriles is 1. The molecule has 0 saturated carbocycles. The van der Waals surface area contributed by atoms with E-state index < -0.39 is 0 Å². The smallest absolute Gasteiger partial charge is 0.153 e. The van der Waals surface area contributed by atoms with Crippen LogP contribution in [0.3, 0.4) is 0 Å². The van der Waals surface area contributed by atoms with Crippen molar-refractivity contribution < 1.29 is 9.47 Å². The summed E-state index contributed by atoms with van der Waals surface area (Å²) < 4.78 is 10.8. The summed E-state index contributed by atoms with van der Waals surface area (Å²) in [6.45, 7) is 0.435. The van der Waals surface area contributed by atoms with Crippen LogP contribution in [-0.4, -0.2) is 29.2 Å². The van der Waals surface area contributed by atoms with Gasteiger partial charge in [0.1, 0.15) is 17.2 Å². The van der Waals surface area contributed by atoms with Crippen molar-refractivity contribution in [2.24, 2.45) is 5.73 Å². The number of aromatic nitrogens is 3. The van der Waals surface area contributed by atoms with Gasteiger partial charge in [-0.1, -0.05) is 18.2 Å². The van der Waals surface area contributed by atoms with Gasteiger partial charge in [0.25, 0.3) is 0 Å². The van der Waals surface area contributed by atoms with Gasteiger partial charge in [0.2, 0.25) is 0 Å². The zero-order chi connectivity index (χ0) is 25.3. The first-order valence-electron chi connectivity index (χ1n) is 11.3. The Morgan fingerprint density at radius 3 is 2.69 bits per heavy atom. The van der Waals surface area contributed by atoms with Crippen LogP contribution in [-0.2, 0) is 13.0 Å². The molecule has 0 aliphatic heterocycles. The molecule has 0 amide bonds. The molecule has 0 spiro atoms. The lowest BCUT2D eigenvalue weighted by atomic mass is 10.1. The second-order valence-corrected chi connectivity index (χ2v) is 7.93. The summed E-state index contributed by atoms with van der Waals surface area (Å²) in [6, 6.07) is 20.8. The molecule has 180 valence electrons. The van der Waals surface area contributed by atoms with Crippen molar-refractivity contribution in [1.82, 2.24) is 15.0 Å². The Kier molecular flexibility index (Phi) is 7.73. The van der Waals surface area contributed by atoms with Gasteiger partial charge in [-0.05, 0) is 42.5 Å². The van der Waals surface area contributed by atoms with Gasteiger partial charge < -0.3 is 20.5 Å². The molecule has 2 aromatic heterocycles. The molecule has 0 aliphatic carbocycles. The van der Waals surface area contributed by atoms with Crippen LogP contribution in [0, 0.1) is 11.3 Å². The first-order chi connectivity index (χ1) is 17.6. The van der Waals surface area contributed by atoms with Gasteiger partial charge in [-0.25, -0.2) is 4.98 Å². The third kappa shape index (κ3) is 5.96. The van der Waals surface area contributed by atoms with Crippen LogP contribution in [0.15, 0.2) is 78.8 Å². The molecule has 0 unspecified atom stereocenters. The molecule has 0 saturated heterocycles. The van der Waals surface area contributed by atoms with Gasteiger partial charge in [-0.15, -0.1) is 0 Å². The number of benzene rings is 2. The van der Waals surface area contributed by atoms with E-state index in [4.69, 9.17) is 20.2 Å². The van der Waals surface area contributed by atoms with E-state index in [0.29, 0.717) is 52.9 Å². The SMILES string of the molecule is COc1ccc(CNc2nc(-c3cccc(C#N)c3)cnc2/C=C(\N)Cc2ccccn2)c(OC)c1. The van der Waals surface area contributed by atoms with Gasteiger partial charge in [0, 0.05) is 47.7 Å². The van der Waals surface area contributed by atoms with Gasteiger partial charge in [-0.3, -0.25) is 9.97 Å². The van der Waals surface area contributed by atoms with Crippen LogP contribution in [0.25, 0.3) is 17.3 Å². The maximum Gasteiger partial charge on any atom is 0.153 e. The van der Waals surface area contributed by atoms with E-state index in [1.165, 1.54) is 0 Å². The minimum Gasteiger partial charge on any atom is -0.497 e. The van der Waals surface area contributed by atoms with Crippen molar-refractivity contribution in [1.29, 1.82) is 5.26 Å². The van der Waals surface area contributed by atoms with Crippen molar-refractivity contribution in [3.05, 3.63) is 101 Å². The summed E-state index contributed by atoms with van der Waals surface area (Å²) >= 11 is 0. The number of rotatable bonds is 9. The second-order valence-electron chi connectivity index (χ2n) is 7.93. The third-order valence-electron chi connectivity index (χ3n) is 5.46. The lowest BCUT2D eigenvalue weighted by molar-refractivity contribution is 0.391. The van der Waals surface area contributed by atoms with Crippen LogP contribution in [0.1, 0.15) is 22.5 Å². The molecule has 8 nitrogen and oxygen atoms in total. The van der Waals surface area contributed by atoms with Crippen LogP contribution in [0.4, 0.5) is 5.82 Å². The minimum absolute atomic E-state index is 0.435. The normalized spacial score (nSPS) is 11.0. The number of anilines is 1. The lowest BCUT2D eigenvalue weighted by Gasteiger charge is -2.14. The second kappa shape index (κ2) is 11.5. The Morgan fingerprint density at radius 2 is 1.94 bits per heavy atom. The molecular formula is C28H26N6O2. The highest BCUT2D eigenvalue weighted by Gasteiger charge is 2.12. The van der Waals surface area contributed by atoms with Crippen molar-refractivity contribution in [2.45, 2.75) is 13.0 Å². The van der Waals surface area contributed by atoms with Crippen molar-refractivity contribution in [2.75, 3.05) is 19.5 Å². The summed E-state index contributed by atoms with van der Waals surface area (Å²) in [7, 11) is 3.23. The Balaban J connectivity index is 1.67. The Hall–Kier alpha value is -4.90. The van der Waals surface area contributed by atoms with Gasteiger partial charge in [0.05, 0.1) is 37.7 Å². The van der Waals surface area contributed by atoms with E-state index in [9.17, 15) is 5.26 Å². The Morgan fingerprint density at radius 1 is 1.06 bits per heavy atom. The van der Waals surface area contributed by atoms with Crippen LogP contribution in [0.5, 0.6) is 11.5 Å². The molecule has 0 aliphatic rings. The van der Waals surface area contributed by atoms with Gasteiger partial charge in [-0.2, -0.15) is 5.26 Å². The summed E-state index contributed by atoms with van der Waals surface area (Å²) in [5.41, 5.74) is 11.3. The van der Waals surface area contributed by atoms with E-state index in [1.807, 2.05) is 48.5 Å². The van der Waals surface area contributed by atoms with Crippen LogP contribution >= 0.6 is 0 Å². The highest BCUT2D eigenvalue weighted by Crippen LogP contribution is 2.27. The number of hydrogen-bond acceptors (Lipinski definition) is 8. The highest BCUT2D eigenvalue weighted by atomic mass is 16.5. The molecule has 3 N–H and O–H groups in total. The standard InChI is InChI=1S/C28H26N6O2/c1-35-24-10-9-21(27(15-24)36-2)17-33-28-25(14-22(30)13-23-8-3-4-11-31-23)32-18-26(34-28)20-7-5-6-19(12-20)16-29/h3-12,14-15,18H,13,17,30H2,1-2H3,(H,33,34)/b22-14-. The topological polar surface area (TPSA) is 119 Å². The average Bonchev–Trinajstić information content (AvgIpc) is 2.92. The predicted octanol–water partition coefficient (Wildman–Crippen LogP) is 4.58. The molecule has 8 heteroatoms. The molecule has 36 heavy (non-hydrogen) atoms. The third-order valence-corrected chi connectivity index (χ3v) is 5.46. The fraction of sp³-hybridized carbons (Fsp3) is 0.143. The van der Waals surface area contributed by atoms with Crippen molar-refractivity contribution in [3.8, 4) is 28.8 Å². The maximum absolute atomic E-state index is 9.28. The van der Waals surface area contributed by atoms with Gasteiger partial charge >= 0.3 is 0 Å². The highest BCUT2D eigenvalue weighted by molar-refractivity contribution is 5.67. The van der Waals surface area contributed by atoms with E-state index >= 15 is 0 Å². The summed E-state index contributed by atoms with van der Waals surface area (Å²) in [5, 5.41) is 12.7. The van der Waals surface area contributed by atoms with Gasteiger partial charge in [0.15, 0.2) is 5.82 Å². The Bertz CT molecular complexity index is 1410. The zero-order valence-electron chi connectivity index (χ0n) is 20.1. The summed E-state index contributed by atoms with van der Waals surface area (Å²) in [5.74, 6) is 1.96. The lowest BCUT2D eigenvalue weighted by Crippen LogP contribution is -2.08. The first kappa shape index (κ1) is 24.2. The van der Waals surface area contributed by atoms with Crippen molar-refractivity contribution in [3.63, 3.8) is 0 Å². The fourth-order valence-corrected chi connectivity index (χ4v) is 3.64. The molecule has 0 bridgehead atoms. The molecule has 2 aromatic carbocycles. The molecular weight excluding hydrogens is 452 g/mol. The number of pyridine rings is 1. The van der Waals surface area contributed by atoms with E-state index in [2.05, 4.69) is 21.4 Å². The minimum atomic E-state index is 0.435. The molecule has 0 radical (unpaired) electrons. The predicted molar refractivity (Wildman–Crippen MR) is 139 cm³/mol. The largest absolute Gasteiger partial charge is 0.497 e. The van der Waals surface area contributed by atoms with E-state index in [0.717, 1.165) is 16.8 Å². The summed E-state index contributed by atoms with van der Waals surface area (Å²) in [6.07, 6.45) is 5.70. The molecule has 2 heterocycles. The number of ether oxygens (including phenoxy) is 2. The van der Waals surface area contributed by atoms with Crippen LogP contribution < -0.4 is 20.5 Å². The average molecular weight is 479 g/mol. The van der Waals surface area contributed by atoms with E-state index in [1.54, 1.807) is 44.8 Å². The molecule has 0 atom stereocenters. The zero-order valence-corrected chi connectivity index (χ0v) is 20.1. The maximum atomic E-state index is 9.28. The van der Waals surface area contributed by atoms with Crippen LogP contribution in [0.2, 0.25) is 0 Å². The number of allylic oxidation sites excluding steroid dienone is 1. The quantitative estimate of drug-likeness (QED) is 0.359. The number of hydrogen-bond donors (Lipinski definition) is 2. The molecule has 4 aromatic rings. The molecule has 0 fully saturated rings. The number of nitrogens with zero attached hydrogens (tertiary/aromatic N) is 4. The number of methoxy groups -OCH3 is 2. The summed E-state index contributed by atoms with van der Waals surface area (Å²) in [4.78, 5) is 13.8.